The van der Waals surface area contributed by atoms with Gasteiger partial charge in [0.05, 0.1) is 6.10 Å². The number of nitrogen functional groups attached to an aromatic ring is 2. The molecular weight excluding hydrogens is 208 g/mol. The van der Waals surface area contributed by atoms with Gasteiger partial charge in [0.25, 0.3) is 0 Å². The molecule has 1 aliphatic rings. The first-order valence-electron chi connectivity index (χ1n) is 5.20. The van der Waals surface area contributed by atoms with E-state index in [0.29, 0.717) is 17.6 Å². The SMILES string of the molecule is NNc1cc(NCC2CC(O)C2)nc(N)n1. The van der Waals surface area contributed by atoms with Gasteiger partial charge in [-0.25, -0.2) is 5.84 Å². The minimum atomic E-state index is -0.136. The van der Waals surface area contributed by atoms with Crippen molar-refractivity contribution in [2.24, 2.45) is 11.8 Å². The zero-order valence-corrected chi connectivity index (χ0v) is 8.85. The number of nitrogens with zero attached hydrogens (tertiary/aromatic N) is 2. The Labute approximate surface area is 93.2 Å². The number of aromatic nitrogens is 2. The average molecular weight is 224 g/mol. The number of hydrogen-bond donors (Lipinski definition) is 5. The number of hydrazine groups is 1. The molecule has 1 saturated carbocycles. The molecule has 16 heavy (non-hydrogen) atoms. The van der Waals surface area contributed by atoms with E-state index in [1.54, 1.807) is 6.07 Å². The molecule has 1 aromatic heterocycles. The highest BCUT2D eigenvalue weighted by molar-refractivity contribution is 5.50. The largest absolute Gasteiger partial charge is 0.393 e. The molecule has 1 heterocycles. The van der Waals surface area contributed by atoms with Gasteiger partial charge in [0, 0.05) is 12.6 Å². The van der Waals surface area contributed by atoms with Crippen LogP contribution < -0.4 is 22.3 Å². The lowest BCUT2D eigenvalue weighted by molar-refractivity contribution is 0.0486. The van der Waals surface area contributed by atoms with Gasteiger partial charge in [-0.3, -0.25) is 0 Å². The highest BCUT2D eigenvalue weighted by Gasteiger charge is 2.26. The molecule has 0 aromatic carbocycles. The maximum absolute atomic E-state index is 9.14. The smallest absolute Gasteiger partial charge is 0.223 e. The molecule has 0 unspecified atom stereocenters. The third kappa shape index (κ3) is 2.50. The van der Waals surface area contributed by atoms with Gasteiger partial charge in [0.15, 0.2) is 0 Å². The molecule has 7 nitrogen and oxygen atoms in total. The van der Waals surface area contributed by atoms with Crippen LogP contribution in [0.2, 0.25) is 0 Å². The molecule has 0 saturated heterocycles. The molecule has 1 aliphatic carbocycles. The Hall–Kier alpha value is -1.60. The average Bonchev–Trinajstić information content (AvgIpc) is 2.22. The van der Waals surface area contributed by atoms with E-state index >= 15 is 0 Å². The summed E-state index contributed by atoms with van der Waals surface area (Å²) < 4.78 is 0. The van der Waals surface area contributed by atoms with Crippen molar-refractivity contribution in [1.82, 2.24) is 9.97 Å². The van der Waals surface area contributed by atoms with Crippen LogP contribution in [0.4, 0.5) is 17.6 Å². The first kappa shape index (κ1) is 10.9. The van der Waals surface area contributed by atoms with Crippen LogP contribution in [0.1, 0.15) is 12.8 Å². The molecule has 0 atom stereocenters. The van der Waals surface area contributed by atoms with E-state index in [4.69, 9.17) is 16.7 Å². The zero-order chi connectivity index (χ0) is 11.5. The first-order chi connectivity index (χ1) is 7.67. The summed E-state index contributed by atoms with van der Waals surface area (Å²) in [6.07, 6.45) is 1.55. The number of nitrogens with two attached hydrogens (primary N) is 2. The van der Waals surface area contributed by atoms with E-state index in [9.17, 15) is 0 Å². The standard InChI is InChI=1S/C9H16N6O/c10-9-13-7(3-8(14-9)15-11)12-4-5-1-6(16)2-5/h3,5-6,16H,1-2,4,11H2,(H4,10,12,13,14,15). The number of rotatable bonds is 4. The number of anilines is 3. The Balaban J connectivity index is 1.90. The summed E-state index contributed by atoms with van der Waals surface area (Å²) in [6.45, 7) is 0.775. The monoisotopic (exact) mass is 224 g/mol. The van der Waals surface area contributed by atoms with Crippen LogP contribution in [-0.2, 0) is 0 Å². The van der Waals surface area contributed by atoms with Gasteiger partial charge < -0.3 is 21.6 Å². The second kappa shape index (κ2) is 4.50. The molecular formula is C9H16N6O. The van der Waals surface area contributed by atoms with Crippen molar-refractivity contribution in [3.05, 3.63) is 6.07 Å². The Bertz CT molecular complexity index is 365. The van der Waals surface area contributed by atoms with E-state index in [-0.39, 0.29) is 12.1 Å². The number of aliphatic hydroxyl groups is 1. The summed E-state index contributed by atoms with van der Waals surface area (Å²) in [6, 6.07) is 1.69. The van der Waals surface area contributed by atoms with E-state index in [2.05, 4.69) is 20.7 Å². The highest BCUT2D eigenvalue weighted by Crippen LogP contribution is 2.27. The third-order valence-electron chi connectivity index (χ3n) is 2.67. The summed E-state index contributed by atoms with van der Waals surface area (Å²) in [7, 11) is 0. The Morgan fingerprint density at radius 2 is 2.06 bits per heavy atom. The Morgan fingerprint density at radius 1 is 1.38 bits per heavy atom. The summed E-state index contributed by atoms with van der Waals surface area (Å²) >= 11 is 0. The lowest BCUT2D eigenvalue weighted by atomic mass is 9.82. The van der Waals surface area contributed by atoms with E-state index in [0.717, 1.165) is 19.4 Å². The molecule has 7 heteroatoms. The fourth-order valence-corrected chi connectivity index (χ4v) is 1.75. The van der Waals surface area contributed by atoms with Crippen LogP contribution in [-0.4, -0.2) is 27.7 Å². The van der Waals surface area contributed by atoms with Gasteiger partial charge in [0.2, 0.25) is 5.95 Å². The fraction of sp³-hybridized carbons (Fsp3) is 0.556. The van der Waals surface area contributed by atoms with Crippen LogP contribution in [0.15, 0.2) is 6.07 Å². The van der Waals surface area contributed by atoms with E-state index < -0.39 is 0 Å². The summed E-state index contributed by atoms with van der Waals surface area (Å²) in [5.74, 6) is 7.03. The van der Waals surface area contributed by atoms with E-state index in [1.807, 2.05) is 0 Å². The molecule has 88 valence electrons. The second-order valence-corrected chi connectivity index (χ2v) is 4.01. The van der Waals surface area contributed by atoms with E-state index in [1.165, 1.54) is 0 Å². The lowest BCUT2D eigenvalue weighted by Crippen LogP contribution is -2.33. The topological polar surface area (TPSA) is 122 Å². The molecule has 0 amide bonds. The van der Waals surface area contributed by atoms with Crippen molar-refractivity contribution in [3.8, 4) is 0 Å². The van der Waals surface area contributed by atoms with Crippen molar-refractivity contribution >= 4 is 17.6 Å². The van der Waals surface area contributed by atoms with Gasteiger partial charge in [-0.2, -0.15) is 9.97 Å². The number of aliphatic hydroxyl groups excluding tert-OH is 1. The van der Waals surface area contributed by atoms with Crippen molar-refractivity contribution < 1.29 is 5.11 Å². The van der Waals surface area contributed by atoms with Crippen LogP contribution in [0.5, 0.6) is 0 Å². The quantitative estimate of drug-likeness (QED) is 0.346. The Morgan fingerprint density at radius 3 is 2.69 bits per heavy atom. The minimum Gasteiger partial charge on any atom is -0.393 e. The lowest BCUT2D eigenvalue weighted by Gasteiger charge is -2.31. The van der Waals surface area contributed by atoms with Crippen molar-refractivity contribution in [2.75, 3.05) is 23.0 Å². The molecule has 0 radical (unpaired) electrons. The molecule has 0 bridgehead atoms. The molecule has 7 N–H and O–H groups in total. The Kier molecular flexibility index (Phi) is 3.07. The predicted octanol–water partition coefficient (Wildman–Crippen LogP) is -0.473. The predicted molar refractivity (Wildman–Crippen MR) is 61.5 cm³/mol. The number of hydrogen-bond acceptors (Lipinski definition) is 7. The maximum atomic E-state index is 9.14. The fourth-order valence-electron chi connectivity index (χ4n) is 1.75. The highest BCUT2D eigenvalue weighted by atomic mass is 16.3. The molecule has 1 fully saturated rings. The van der Waals surface area contributed by atoms with Gasteiger partial charge in [0.1, 0.15) is 11.6 Å². The summed E-state index contributed by atoms with van der Waals surface area (Å²) in [5, 5.41) is 12.3. The normalized spacial score (nSPS) is 23.6. The summed E-state index contributed by atoms with van der Waals surface area (Å²) in [4.78, 5) is 7.90. The first-order valence-corrected chi connectivity index (χ1v) is 5.20. The molecule has 1 aromatic rings. The van der Waals surface area contributed by atoms with Crippen LogP contribution in [0, 0.1) is 5.92 Å². The third-order valence-corrected chi connectivity index (χ3v) is 2.67. The van der Waals surface area contributed by atoms with Crippen LogP contribution >= 0.6 is 0 Å². The van der Waals surface area contributed by atoms with Gasteiger partial charge in [-0.15, -0.1) is 0 Å². The molecule has 0 spiro atoms. The molecule has 0 aliphatic heterocycles. The molecule has 2 rings (SSSR count). The van der Waals surface area contributed by atoms with Crippen molar-refractivity contribution in [1.29, 1.82) is 0 Å². The zero-order valence-electron chi connectivity index (χ0n) is 8.85. The second-order valence-electron chi connectivity index (χ2n) is 4.01. The summed E-state index contributed by atoms with van der Waals surface area (Å²) in [5.41, 5.74) is 7.93. The van der Waals surface area contributed by atoms with Gasteiger partial charge in [-0.1, -0.05) is 0 Å². The minimum absolute atomic E-state index is 0.136. The van der Waals surface area contributed by atoms with Crippen molar-refractivity contribution in [2.45, 2.75) is 18.9 Å². The number of nitrogens with one attached hydrogen (secondary N) is 2. The van der Waals surface area contributed by atoms with Crippen LogP contribution in [0.25, 0.3) is 0 Å². The van der Waals surface area contributed by atoms with Gasteiger partial charge >= 0.3 is 0 Å². The van der Waals surface area contributed by atoms with Crippen molar-refractivity contribution in [3.63, 3.8) is 0 Å². The van der Waals surface area contributed by atoms with Crippen LogP contribution in [0.3, 0.4) is 0 Å². The maximum Gasteiger partial charge on any atom is 0.223 e. The van der Waals surface area contributed by atoms with Gasteiger partial charge in [-0.05, 0) is 18.8 Å².